The van der Waals surface area contributed by atoms with Crippen LogP contribution < -0.4 is 5.32 Å². The fourth-order valence-electron chi connectivity index (χ4n) is 2.25. The monoisotopic (exact) mass is 333 g/mol. The van der Waals surface area contributed by atoms with Crippen molar-refractivity contribution >= 4 is 17.7 Å². The molecule has 1 N–H and O–H groups in total. The molecule has 0 aliphatic heterocycles. The minimum Gasteiger partial charge on any atom is -0.353 e. The van der Waals surface area contributed by atoms with Gasteiger partial charge in [0, 0.05) is 11.7 Å². The number of nitrogens with zero attached hydrogens (tertiary/aromatic N) is 2. The second-order valence-corrected chi connectivity index (χ2v) is 7.43. The Morgan fingerprint density at radius 1 is 1.22 bits per heavy atom. The van der Waals surface area contributed by atoms with E-state index < -0.39 is 0 Å². The lowest BCUT2D eigenvalue weighted by Crippen LogP contribution is -2.34. The maximum atomic E-state index is 12.1. The van der Waals surface area contributed by atoms with Crippen molar-refractivity contribution in [1.82, 2.24) is 10.3 Å². The van der Waals surface area contributed by atoms with Gasteiger partial charge in [0.2, 0.25) is 5.91 Å². The second-order valence-electron chi connectivity index (χ2n) is 6.47. The Kier molecular flexibility index (Phi) is 7.57. The molecule has 5 heteroatoms. The summed E-state index contributed by atoms with van der Waals surface area (Å²) >= 11 is 1.34. The highest BCUT2D eigenvalue weighted by atomic mass is 32.2. The molecule has 1 rings (SSSR count). The first-order valence-corrected chi connectivity index (χ1v) is 9.04. The average molecular weight is 334 g/mol. The first kappa shape index (κ1) is 19.5. The van der Waals surface area contributed by atoms with E-state index in [9.17, 15) is 10.1 Å². The Labute approximate surface area is 144 Å². The van der Waals surface area contributed by atoms with Gasteiger partial charge >= 0.3 is 0 Å². The van der Waals surface area contributed by atoms with E-state index in [0.717, 1.165) is 29.7 Å². The third-order valence-corrected chi connectivity index (χ3v) is 4.97. The van der Waals surface area contributed by atoms with Gasteiger partial charge in [-0.2, -0.15) is 5.26 Å². The van der Waals surface area contributed by atoms with Crippen LogP contribution in [0.1, 0.15) is 56.0 Å². The molecule has 1 amide bonds. The first-order chi connectivity index (χ1) is 10.8. The zero-order valence-electron chi connectivity index (χ0n) is 15.0. The topological polar surface area (TPSA) is 65.8 Å². The lowest BCUT2D eigenvalue weighted by molar-refractivity contribution is -0.119. The number of amides is 1. The predicted molar refractivity (Wildman–Crippen MR) is 95.6 cm³/mol. The van der Waals surface area contributed by atoms with Crippen molar-refractivity contribution in [2.45, 2.75) is 65.5 Å². The first-order valence-electron chi connectivity index (χ1n) is 8.06. The maximum absolute atomic E-state index is 12.1. The molecule has 4 nitrogen and oxygen atoms in total. The Balaban J connectivity index is 2.65. The van der Waals surface area contributed by atoms with Gasteiger partial charge in [-0.1, -0.05) is 25.6 Å². The van der Waals surface area contributed by atoms with Crippen LogP contribution in [0.2, 0.25) is 0 Å². The van der Waals surface area contributed by atoms with Gasteiger partial charge in [0.25, 0.3) is 0 Å². The minimum absolute atomic E-state index is 0.00664. The molecule has 0 saturated heterocycles. The summed E-state index contributed by atoms with van der Waals surface area (Å²) in [6.07, 6.45) is 2.09. The van der Waals surface area contributed by atoms with E-state index in [1.165, 1.54) is 11.8 Å². The number of pyridine rings is 1. The van der Waals surface area contributed by atoms with E-state index in [2.05, 4.69) is 30.2 Å². The summed E-state index contributed by atoms with van der Waals surface area (Å²) in [5, 5.41) is 13.0. The van der Waals surface area contributed by atoms with Crippen molar-refractivity contribution in [2.24, 2.45) is 5.92 Å². The Morgan fingerprint density at radius 2 is 1.87 bits per heavy atom. The van der Waals surface area contributed by atoms with Crippen molar-refractivity contribution in [3.8, 4) is 6.07 Å². The van der Waals surface area contributed by atoms with Crippen molar-refractivity contribution in [1.29, 1.82) is 5.26 Å². The van der Waals surface area contributed by atoms with Crippen molar-refractivity contribution in [2.75, 3.05) is 5.75 Å². The van der Waals surface area contributed by atoms with Gasteiger partial charge in [-0.3, -0.25) is 4.79 Å². The Bertz CT molecular complexity index is 605. The molecular weight excluding hydrogens is 306 g/mol. The van der Waals surface area contributed by atoms with E-state index >= 15 is 0 Å². The van der Waals surface area contributed by atoms with Crippen LogP contribution in [-0.4, -0.2) is 22.7 Å². The number of hydrogen-bond donors (Lipinski definition) is 1. The summed E-state index contributed by atoms with van der Waals surface area (Å²) in [4.78, 5) is 16.5. The number of carbonyl (C=O) groups excluding carboxylic acids is 1. The van der Waals surface area contributed by atoms with Crippen molar-refractivity contribution < 1.29 is 4.79 Å². The number of thioether (sulfide) groups is 1. The Morgan fingerprint density at radius 3 is 2.43 bits per heavy atom. The summed E-state index contributed by atoms with van der Waals surface area (Å²) < 4.78 is 0. The maximum Gasteiger partial charge on any atom is 0.230 e. The molecule has 1 aromatic heterocycles. The summed E-state index contributed by atoms with van der Waals surface area (Å²) in [6.45, 7) is 12.2. The summed E-state index contributed by atoms with van der Waals surface area (Å²) in [7, 11) is 0. The standard InChI is InChI=1S/C18H27N3OS/c1-11(2)7-8-12(3)20-17(22)10-23-18-16(9-19)14(5)13(4)15(6)21-18/h11-12H,7-8,10H2,1-6H3,(H,20,22). The van der Waals surface area contributed by atoms with Crippen LogP contribution in [0.15, 0.2) is 5.03 Å². The molecule has 1 atom stereocenters. The molecule has 0 aliphatic rings. The van der Waals surface area contributed by atoms with Gasteiger partial charge < -0.3 is 5.32 Å². The highest BCUT2D eigenvalue weighted by molar-refractivity contribution is 8.00. The van der Waals surface area contributed by atoms with Gasteiger partial charge in [-0.25, -0.2) is 4.98 Å². The number of aromatic nitrogens is 1. The average Bonchev–Trinajstić information content (AvgIpc) is 2.48. The van der Waals surface area contributed by atoms with Gasteiger partial charge in [0.05, 0.1) is 11.3 Å². The number of nitrogens with one attached hydrogen (secondary N) is 1. The highest BCUT2D eigenvalue weighted by Gasteiger charge is 2.15. The highest BCUT2D eigenvalue weighted by Crippen LogP contribution is 2.26. The lowest BCUT2D eigenvalue weighted by Gasteiger charge is -2.15. The van der Waals surface area contributed by atoms with Gasteiger partial charge in [0.15, 0.2) is 0 Å². The zero-order valence-corrected chi connectivity index (χ0v) is 15.8. The van der Waals surface area contributed by atoms with Crippen LogP contribution in [0.25, 0.3) is 0 Å². The predicted octanol–water partition coefficient (Wildman–Crippen LogP) is 3.91. The van der Waals surface area contributed by atoms with E-state index in [4.69, 9.17) is 0 Å². The van der Waals surface area contributed by atoms with Crippen LogP contribution in [0.4, 0.5) is 0 Å². The van der Waals surface area contributed by atoms with Crippen LogP contribution in [0.5, 0.6) is 0 Å². The normalized spacial score (nSPS) is 12.1. The van der Waals surface area contributed by atoms with Crippen molar-refractivity contribution in [3.05, 3.63) is 22.4 Å². The third-order valence-electron chi connectivity index (χ3n) is 4.00. The molecule has 126 valence electrons. The molecule has 0 fully saturated rings. The fourth-order valence-corrected chi connectivity index (χ4v) is 3.15. The zero-order chi connectivity index (χ0) is 17.6. The second kappa shape index (κ2) is 8.93. The van der Waals surface area contributed by atoms with Gasteiger partial charge in [-0.05, 0) is 57.6 Å². The van der Waals surface area contributed by atoms with Crippen LogP contribution in [0, 0.1) is 38.0 Å². The van der Waals surface area contributed by atoms with E-state index in [1.807, 2.05) is 27.7 Å². The molecular formula is C18H27N3OS. The number of aryl methyl sites for hydroxylation is 1. The van der Waals surface area contributed by atoms with Crippen LogP contribution >= 0.6 is 11.8 Å². The molecule has 1 aromatic rings. The molecule has 1 unspecified atom stereocenters. The number of carbonyl (C=O) groups is 1. The van der Waals surface area contributed by atoms with Crippen LogP contribution in [-0.2, 0) is 4.79 Å². The molecule has 23 heavy (non-hydrogen) atoms. The number of hydrogen-bond acceptors (Lipinski definition) is 4. The molecule has 0 radical (unpaired) electrons. The summed E-state index contributed by atoms with van der Waals surface area (Å²) in [5.74, 6) is 0.924. The molecule has 0 spiro atoms. The summed E-state index contributed by atoms with van der Waals surface area (Å²) in [5.41, 5.74) is 3.49. The third kappa shape index (κ3) is 5.87. The fraction of sp³-hybridized carbons (Fsp3) is 0.611. The molecule has 0 saturated carbocycles. The molecule has 0 aliphatic carbocycles. The minimum atomic E-state index is -0.00664. The molecule has 0 bridgehead atoms. The van der Waals surface area contributed by atoms with Crippen LogP contribution in [0.3, 0.4) is 0 Å². The summed E-state index contributed by atoms with van der Waals surface area (Å²) in [6, 6.07) is 2.39. The molecule has 1 heterocycles. The number of nitriles is 1. The van der Waals surface area contributed by atoms with Crippen molar-refractivity contribution in [3.63, 3.8) is 0 Å². The van der Waals surface area contributed by atoms with E-state index in [-0.39, 0.29) is 17.7 Å². The SMILES string of the molecule is Cc1nc(SCC(=O)NC(C)CCC(C)C)c(C#N)c(C)c1C. The Hall–Kier alpha value is -1.54. The van der Waals surface area contributed by atoms with Gasteiger partial charge in [0.1, 0.15) is 11.1 Å². The van der Waals surface area contributed by atoms with E-state index in [0.29, 0.717) is 16.5 Å². The molecule has 0 aromatic carbocycles. The quantitative estimate of drug-likeness (QED) is 0.768. The number of rotatable bonds is 7. The smallest absolute Gasteiger partial charge is 0.230 e. The lowest BCUT2D eigenvalue weighted by atomic mass is 10.0. The van der Waals surface area contributed by atoms with Gasteiger partial charge in [-0.15, -0.1) is 0 Å². The largest absolute Gasteiger partial charge is 0.353 e. The van der Waals surface area contributed by atoms with E-state index in [1.54, 1.807) is 0 Å².